The fraction of sp³-hybridized carbons (Fsp3) is 0.667. The number of rotatable bonds is 3. The summed E-state index contributed by atoms with van der Waals surface area (Å²) in [4.78, 5) is 21.3. The second-order valence-corrected chi connectivity index (χ2v) is 3.67. The Kier molecular flexibility index (Phi) is 2.89. The molecular formula is C6H8O5P+. The zero-order valence-corrected chi connectivity index (χ0v) is 7.37. The lowest BCUT2D eigenvalue weighted by Crippen LogP contribution is -2.10. The van der Waals surface area contributed by atoms with Gasteiger partial charge in [-0.2, -0.15) is 0 Å². The minimum atomic E-state index is -2.09. The van der Waals surface area contributed by atoms with Gasteiger partial charge in [-0.25, -0.2) is 4.79 Å². The Bertz CT molecular complexity index is 236. The molecule has 1 aliphatic heterocycles. The SMILES string of the molecule is CCO[P+](=O)C1CC(=O)OC1=O. The number of carbonyl (C=O) groups is 2. The smallest absolute Gasteiger partial charge is 0.390 e. The van der Waals surface area contributed by atoms with Gasteiger partial charge in [0.15, 0.2) is 0 Å². The molecule has 0 aromatic rings. The van der Waals surface area contributed by atoms with E-state index in [-0.39, 0.29) is 13.0 Å². The van der Waals surface area contributed by atoms with E-state index in [1.165, 1.54) is 0 Å². The number of hydrogen-bond donors (Lipinski definition) is 0. The maximum Gasteiger partial charge on any atom is 0.524 e. The van der Waals surface area contributed by atoms with Gasteiger partial charge in [-0.1, -0.05) is 0 Å². The summed E-state index contributed by atoms with van der Waals surface area (Å²) >= 11 is 0. The molecule has 2 unspecified atom stereocenters. The van der Waals surface area contributed by atoms with Gasteiger partial charge in [-0.15, -0.1) is 4.52 Å². The van der Waals surface area contributed by atoms with Crippen molar-refractivity contribution in [3.8, 4) is 0 Å². The highest BCUT2D eigenvalue weighted by Crippen LogP contribution is 2.35. The van der Waals surface area contributed by atoms with E-state index in [2.05, 4.69) is 4.74 Å². The highest BCUT2D eigenvalue weighted by molar-refractivity contribution is 7.41. The van der Waals surface area contributed by atoms with Crippen LogP contribution in [0.2, 0.25) is 0 Å². The van der Waals surface area contributed by atoms with Crippen molar-refractivity contribution in [1.82, 2.24) is 0 Å². The fourth-order valence-corrected chi connectivity index (χ4v) is 1.80. The van der Waals surface area contributed by atoms with Crippen LogP contribution in [-0.2, 0) is 23.4 Å². The van der Waals surface area contributed by atoms with Crippen LogP contribution in [0.15, 0.2) is 0 Å². The molecule has 1 aliphatic rings. The minimum absolute atomic E-state index is 0.131. The molecule has 0 amide bonds. The summed E-state index contributed by atoms with van der Waals surface area (Å²) in [5.74, 6) is -1.37. The summed E-state index contributed by atoms with van der Waals surface area (Å²) in [5, 5.41) is 0. The van der Waals surface area contributed by atoms with Crippen molar-refractivity contribution in [2.45, 2.75) is 19.0 Å². The third kappa shape index (κ3) is 1.87. The summed E-state index contributed by atoms with van der Waals surface area (Å²) in [5.41, 5.74) is -0.896. The number of hydrogen-bond acceptors (Lipinski definition) is 5. The molecule has 12 heavy (non-hydrogen) atoms. The van der Waals surface area contributed by atoms with Gasteiger partial charge in [-0.3, -0.25) is 4.79 Å². The topological polar surface area (TPSA) is 69.7 Å². The Hall–Kier alpha value is -0.800. The fourth-order valence-electron chi connectivity index (χ4n) is 0.841. The number of esters is 2. The van der Waals surface area contributed by atoms with Crippen molar-refractivity contribution in [3.63, 3.8) is 0 Å². The van der Waals surface area contributed by atoms with Gasteiger partial charge in [0, 0.05) is 0 Å². The lowest BCUT2D eigenvalue weighted by atomic mass is 10.4. The molecule has 0 bridgehead atoms. The molecule has 6 heteroatoms. The highest BCUT2D eigenvalue weighted by atomic mass is 31.1. The molecule has 0 aromatic heterocycles. The van der Waals surface area contributed by atoms with Crippen molar-refractivity contribution in [2.75, 3.05) is 6.61 Å². The van der Waals surface area contributed by atoms with Crippen LogP contribution >= 0.6 is 8.03 Å². The van der Waals surface area contributed by atoms with Crippen molar-refractivity contribution in [2.24, 2.45) is 0 Å². The predicted molar refractivity (Wildman–Crippen MR) is 38.7 cm³/mol. The van der Waals surface area contributed by atoms with Crippen LogP contribution in [0.3, 0.4) is 0 Å². The van der Waals surface area contributed by atoms with E-state index in [4.69, 9.17) is 4.52 Å². The van der Waals surface area contributed by atoms with Crippen LogP contribution in [0, 0.1) is 0 Å². The maximum atomic E-state index is 11.1. The molecule has 0 aliphatic carbocycles. The minimum Gasteiger partial charge on any atom is -0.390 e. The van der Waals surface area contributed by atoms with Crippen LogP contribution in [0.1, 0.15) is 13.3 Å². The van der Waals surface area contributed by atoms with Gasteiger partial charge in [-0.05, 0) is 11.5 Å². The normalized spacial score (nSPS) is 24.1. The van der Waals surface area contributed by atoms with Gasteiger partial charge >= 0.3 is 20.0 Å². The van der Waals surface area contributed by atoms with Crippen LogP contribution in [0.4, 0.5) is 0 Å². The molecule has 1 rings (SSSR count). The molecule has 1 fully saturated rings. The zero-order valence-electron chi connectivity index (χ0n) is 6.48. The number of carbonyl (C=O) groups excluding carboxylic acids is 2. The van der Waals surface area contributed by atoms with E-state index in [1.807, 2.05) is 0 Å². The van der Waals surface area contributed by atoms with Crippen molar-refractivity contribution in [3.05, 3.63) is 0 Å². The molecule has 0 radical (unpaired) electrons. The van der Waals surface area contributed by atoms with E-state index in [0.29, 0.717) is 0 Å². The van der Waals surface area contributed by atoms with Crippen molar-refractivity contribution in [1.29, 1.82) is 0 Å². The van der Waals surface area contributed by atoms with Gasteiger partial charge in [0.1, 0.15) is 6.42 Å². The zero-order chi connectivity index (χ0) is 9.14. The summed E-state index contributed by atoms with van der Waals surface area (Å²) in [6.07, 6.45) is -0.131. The van der Waals surface area contributed by atoms with Crippen LogP contribution in [0.25, 0.3) is 0 Å². The van der Waals surface area contributed by atoms with Crippen LogP contribution in [0.5, 0.6) is 0 Å². The molecule has 0 N–H and O–H groups in total. The summed E-state index contributed by atoms with van der Waals surface area (Å²) in [7, 11) is -2.09. The highest BCUT2D eigenvalue weighted by Gasteiger charge is 2.49. The van der Waals surface area contributed by atoms with E-state index >= 15 is 0 Å². The second kappa shape index (κ2) is 3.74. The third-order valence-electron chi connectivity index (χ3n) is 1.36. The standard InChI is InChI=1S/C6H8O5P/c1-2-10-12(9)4-3-5(7)11-6(4)8/h4H,2-3H2,1H3/q+1. The second-order valence-electron chi connectivity index (χ2n) is 2.22. The quantitative estimate of drug-likeness (QED) is 0.371. The number of ether oxygens (including phenoxy) is 1. The van der Waals surface area contributed by atoms with Gasteiger partial charge in [0.25, 0.3) is 5.66 Å². The van der Waals surface area contributed by atoms with Gasteiger partial charge in [0.2, 0.25) is 0 Å². The summed E-state index contributed by atoms with van der Waals surface area (Å²) < 4.78 is 20.0. The molecule has 0 saturated carbocycles. The van der Waals surface area contributed by atoms with Gasteiger partial charge in [0.05, 0.1) is 6.61 Å². The largest absolute Gasteiger partial charge is 0.524 e. The molecule has 0 aromatic carbocycles. The van der Waals surface area contributed by atoms with Crippen LogP contribution < -0.4 is 0 Å². The molecule has 5 nitrogen and oxygen atoms in total. The monoisotopic (exact) mass is 191 g/mol. The molecular weight excluding hydrogens is 183 g/mol. The summed E-state index contributed by atoms with van der Waals surface area (Å²) in [6, 6.07) is 0. The first-order chi connectivity index (χ1) is 5.65. The Balaban J connectivity index is 2.58. The first-order valence-corrected chi connectivity index (χ1v) is 4.73. The molecule has 66 valence electrons. The van der Waals surface area contributed by atoms with E-state index < -0.39 is 25.6 Å². The first kappa shape index (κ1) is 9.29. The Labute approximate surface area is 69.9 Å². The lowest BCUT2D eigenvalue weighted by molar-refractivity contribution is -0.151. The number of cyclic esters (lactones) is 2. The molecule has 1 saturated heterocycles. The summed E-state index contributed by atoms with van der Waals surface area (Å²) in [6.45, 7) is 1.92. The van der Waals surface area contributed by atoms with E-state index in [9.17, 15) is 14.2 Å². The first-order valence-electron chi connectivity index (χ1n) is 3.49. The third-order valence-corrected chi connectivity index (χ3v) is 2.77. The maximum absolute atomic E-state index is 11.1. The average Bonchev–Trinajstić information content (AvgIpc) is 2.30. The lowest BCUT2D eigenvalue weighted by Gasteiger charge is -1.87. The predicted octanol–water partition coefficient (Wildman–Crippen LogP) is 0.607. The Morgan fingerprint density at radius 3 is 2.75 bits per heavy atom. The van der Waals surface area contributed by atoms with Gasteiger partial charge < -0.3 is 4.74 Å². The van der Waals surface area contributed by atoms with Crippen molar-refractivity contribution < 1.29 is 23.4 Å². The van der Waals surface area contributed by atoms with Crippen molar-refractivity contribution >= 4 is 20.0 Å². The van der Waals surface area contributed by atoms with E-state index in [1.54, 1.807) is 6.92 Å². The van der Waals surface area contributed by atoms with E-state index in [0.717, 1.165) is 0 Å². The van der Waals surface area contributed by atoms with Crippen LogP contribution in [-0.4, -0.2) is 24.2 Å². The Morgan fingerprint density at radius 1 is 1.67 bits per heavy atom. The Morgan fingerprint density at radius 2 is 2.33 bits per heavy atom. The average molecular weight is 191 g/mol. The molecule has 0 spiro atoms. The molecule has 2 atom stereocenters. The molecule has 1 heterocycles.